The van der Waals surface area contributed by atoms with Crippen molar-refractivity contribution >= 4 is 12.0 Å². The van der Waals surface area contributed by atoms with Crippen LogP contribution < -0.4 is 5.32 Å². The number of aromatic nitrogens is 2. The Morgan fingerprint density at radius 1 is 1.50 bits per heavy atom. The molecule has 0 aliphatic rings. The molecule has 0 aliphatic heterocycles. The zero-order valence-electron chi connectivity index (χ0n) is 11.9. The number of carboxylic acid groups (broad SMARTS) is 1. The maximum atomic E-state index is 12.0. The summed E-state index contributed by atoms with van der Waals surface area (Å²) in [5, 5.41) is 11.7. The average molecular weight is 282 g/mol. The van der Waals surface area contributed by atoms with Gasteiger partial charge in [-0.05, 0) is 13.3 Å². The van der Waals surface area contributed by atoms with Gasteiger partial charge in [0.05, 0.1) is 6.33 Å². The minimum absolute atomic E-state index is 0.187. The molecule has 20 heavy (non-hydrogen) atoms. The van der Waals surface area contributed by atoms with Gasteiger partial charge in [-0.25, -0.2) is 14.6 Å². The molecule has 0 saturated heterocycles. The van der Waals surface area contributed by atoms with Gasteiger partial charge in [-0.3, -0.25) is 0 Å². The van der Waals surface area contributed by atoms with Gasteiger partial charge in [0.1, 0.15) is 6.04 Å². The third-order valence-corrected chi connectivity index (χ3v) is 3.03. The molecule has 1 aromatic heterocycles. The van der Waals surface area contributed by atoms with Gasteiger partial charge in [-0.15, -0.1) is 0 Å². The molecular formula is C13H22N4O3. The lowest BCUT2D eigenvalue weighted by Crippen LogP contribution is -2.49. The monoisotopic (exact) mass is 282 g/mol. The van der Waals surface area contributed by atoms with Crippen LogP contribution in [0.4, 0.5) is 4.79 Å². The number of carboxylic acids is 1. The molecule has 0 spiro atoms. The maximum Gasteiger partial charge on any atom is 0.326 e. The predicted molar refractivity (Wildman–Crippen MR) is 74.4 cm³/mol. The Morgan fingerprint density at radius 2 is 2.25 bits per heavy atom. The van der Waals surface area contributed by atoms with Gasteiger partial charge in [-0.2, -0.15) is 0 Å². The first-order chi connectivity index (χ1) is 9.58. The number of H-pyrrole nitrogens is 1. The Morgan fingerprint density at radius 3 is 2.75 bits per heavy atom. The van der Waals surface area contributed by atoms with E-state index in [-0.39, 0.29) is 12.5 Å². The highest BCUT2D eigenvalue weighted by Gasteiger charge is 2.23. The maximum absolute atomic E-state index is 12.0. The number of nitrogens with zero attached hydrogens (tertiary/aromatic N) is 2. The second-order valence-corrected chi connectivity index (χ2v) is 4.55. The summed E-state index contributed by atoms with van der Waals surface area (Å²) in [6.07, 6.45) is 5.11. The van der Waals surface area contributed by atoms with Crippen molar-refractivity contribution < 1.29 is 14.7 Å². The lowest BCUT2D eigenvalue weighted by atomic mass is 10.1. The highest BCUT2D eigenvalue weighted by Crippen LogP contribution is 2.01. The highest BCUT2D eigenvalue weighted by atomic mass is 16.4. The largest absolute Gasteiger partial charge is 0.480 e. The van der Waals surface area contributed by atoms with Gasteiger partial charge in [0.2, 0.25) is 0 Å². The minimum Gasteiger partial charge on any atom is -0.480 e. The number of imidazole rings is 1. The molecular weight excluding hydrogens is 260 g/mol. The summed E-state index contributed by atoms with van der Waals surface area (Å²) < 4.78 is 0. The lowest BCUT2D eigenvalue weighted by molar-refractivity contribution is -0.139. The minimum atomic E-state index is -1.06. The van der Waals surface area contributed by atoms with Crippen LogP contribution in [-0.2, 0) is 11.2 Å². The first-order valence-corrected chi connectivity index (χ1v) is 6.84. The number of hydrogen-bond donors (Lipinski definition) is 3. The van der Waals surface area contributed by atoms with Crippen LogP contribution in [0, 0.1) is 0 Å². The van der Waals surface area contributed by atoms with Crippen LogP contribution in [0.1, 0.15) is 32.4 Å². The molecule has 0 unspecified atom stereocenters. The van der Waals surface area contributed by atoms with Crippen molar-refractivity contribution in [3.63, 3.8) is 0 Å². The normalized spacial score (nSPS) is 11.9. The van der Waals surface area contributed by atoms with E-state index in [9.17, 15) is 14.7 Å². The van der Waals surface area contributed by atoms with E-state index in [1.807, 2.05) is 13.8 Å². The smallest absolute Gasteiger partial charge is 0.326 e. The Kier molecular flexibility index (Phi) is 6.55. The third kappa shape index (κ3) is 4.91. The Hall–Kier alpha value is -2.05. The van der Waals surface area contributed by atoms with Crippen LogP contribution in [0.5, 0.6) is 0 Å². The third-order valence-electron chi connectivity index (χ3n) is 3.03. The summed E-state index contributed by atoms with van der Waals surface area (Å²) in [5.74, 6) is -1.06. The predicted octanol–water partition coefficient (Wildman–Crippen LogP) is 1.24. The van der Waals surface area contributed by atoms with Crippen molar-refractivity contribution in [1.82, 2.24) is 20.2 Å². The zero-order valence-corrected chi connectivity index (χ0v) is 11.9. The van der Waals surface area contributed by atoms with Crippen LogP contribution in [0.3, 0.4) is 0 Å². The van der Waals surface area contributed by atoms with Crippen molar-refractivity contribution in [2.45, 2.75) is 39.2 Å². The van der Waals surface area contributed by atoms with E-state index in [0.29, 0.717) is 18.8 Å². The molecule has 1 heterocycles. The molecule has 1 atom stereocenters. The van der Waals surface area contributed by atoms with Crippen molar-refractivity contribution in [2.24, 2.45) is 0 Å². The number of carbonyl (C=O) groups is 2. The number of rotatable bonds is 8. The van der Waals surface area contributed by atoms with E-state index in [4.69, 9.17) is 0 Å². The molecule has 2 amide bonds. The molecule has 3 N–H and O–H groups in total. The fourth-order valence-electron chi connectivity index (χ4n) is 1.81. The molecule has 0 fully saturated rings. The first kappa shape index (κ1) is 16.0. The van der Waals surface area contributed by atoms with E-state index in [1.54, 1.807) is 11.1 Å². The topological polar surface area (TPSA) is 98.3 Å². The van der Waals surface area contributed by atoms with Gasteiger partial charge in [-0.1, -0.05) is 13.3 Å². The summed E-state index contributed by atoms with van der Waals surface area (Å²) in [5.41, 5.74) is 0.675. The van der Waals surface area contributed by atoms with E-state index >= 15 is 0 Å². The van der Waals surface area contributed by atoms with Crippen LogP contribution in [0.2, 0.25) is 0 Å². The number of hydrogen-bond acceptors (Lipinski definition) is 3. The van der Waals surface area contributed by atoms with Gasteiger partial charge < -0.3 is 20.3 Å². The number of urea groups is 1. The number of aliphatic carboxylic acids is 1. The number of nitrogens with one attached hydrogen (secondary N) is 2. The van der Waals surface area contributed by atoms with Gasteiger partial charge in [0.15, 0.2) is 0 Å². The van der Waals surface area contributed by atoms with E-state index in [1.165, 1.54) is 6.33 Å². The zero-order chi connectivity index (χ0) is 15.0. The SMILES string of the molecule is CCCCN(CC)C(=O)N[C@@H](Cc1cnc[nH]1)C(=O)O. The number of amides is 2. The molecule has 0 radical (unpaired) electrons. The second kappa shape index (κ2) is 8.19. The molecule has 1 rings (SSSR count). The van der Waals surface area contributed by atoms with Crippen LogP contribution in [0.15, 0.2) is 12.5 Å². The van der Waals surface area contributed by atoms with Crippen molar-refractivity contribution in [3.05, 3.63) is 18.2 Å². The van der Waals surface area contributed by atoms with E-state index < -0.39 is 12.0 Å². The summed E-state index contributed by atoms with van der Waals surface area (Å²) in [7, 11) is 0. The summed E-state index contributed by atoms with van der Waals surface area (Å²) >= 11 is 0. The van der Waals surface area contributed by atoms with Crippen molar-refractivity contribution in [2.75, 3.05) is 13.1 Å². The molecule has 0 bridgehead atoms. The Balaban J connectivity index is 2.60. The van der Waals surface area contributed by atoms with Crippen LogP contribution in [0.25, 0.3) is 0 Å². The molecule has 7 nitrogen and oxygen atoms in total. The Labute approximate surface area is 118 Å². The summed E-state index contributed by atoms with van der Waals surface area (Å²) in [6, 6.07) is -1.30. The van der Waals surface area contributed by atoms with Crippen LogP contribution in [-0.4, -0.2) is 51.1 Å². The number of unbranched alkanes of at least 4 members (excludes halogenated alkanes) is 1. The van der Waals surface area contributed by atoms with Crippen molar-refractivity contribution in [3.8, 4) is 0 Å². The lowest BCUT2D eigenvalue weighted by Gasteiger charge is -2.23. The summed E-state index contributed by atoms with van der Waals surface area (Å²) in [6.45, 7) is 5.11. The van der Waals surface area contributed by atoms with E-state index in [0.717, 1.165) is 12.8 Å². The molecule has 112 valence electrons. The first-order valence-electron chi connectivity index (χ1n) is 6.84. The molecule has 7 heteroatoms. The molecule has 1 aromatic rings. The fourth-order valence-corrected chi connectivity index (χ4v) is 1.81. The van der Waals surface area contributed by atoms with E-state index in [2.05, 4.69) is 15.3 Å². The highest BCUT2D eigenvalue weighted by molar-refractivity contribution is 5.82. The standard InChI is InChI=1S/C13H22N4O3/c1-3-5-6-17(4-2)13(20)16-11(12(18)19)7-10-8-14-9-15-10/h8-9,11H,3-7H2,1-2H3,(H,14,15)(H,16,20)(H,18,19)/t11-/m0/s1. The quantitative estimate of drug-likeness (QED) is 0.668. The number of carbonyl (C=O) groups excluding carboxylic acids is 1. The fraction of sp³-hybridized carbons (Fsp3) is 0.615. The van der Waals surface area contributed by atoms with Gasteiger partial charge in [0.25, 0.3) is 0 Å². The molecule has 0 aliphatic carbocycles. The average Bonchev–Trinajstić information content (AvgIpc) is 2.91. The molecule has 0 saturated carbocycles. The van der Waals surface area contributed by atoms with Gasteiger partial charge in [0, 0.05) is 31.4 Å². The second-order valence-electron chi connectivity index (χ2n) is 4.55. The molecule has 0 aromatic carbocycles. The number of aromatic amines is 1. The van der Waals surface area contributed by atoms with Crippen LogP contribution >= 0.6 is 0 Å². The van der Waals surface area contributed by atoms with Gasteiger partial charge >= 0.3 is 12.0 Å². The Bertz CT molecular complexity index is 419. The van der Waals surface area contributed by atoms with Crippen molar-refractivity contribution in [1.29, 1.82) is 0 Å². The summed E-state index contributed by atoms with van der Waals surface area (Å²) in [4.78, 5) is 31.6.